The summed E-state index contributed by atoms with van der Waals surface area (Å²) in [6.07, 6.45) is 2.78. The first-order valence-corrected chi connectivity index (χ1v) is 7.96. The van der Waals surface area contributed by atoms with Gasteiger partial charge >= 0.3 is 6.18 Å². The Hall–Kier alpha value is -0.290. The number of alkyl halides is 3. The van der Waals surface area contributed by atoms with Crippen molar-refractivity contribution in [2.24, 2.45) is 29.5 Å². The number of nitrogens with two attached hydrogens (primary N) is 1. The quantitative estimate of drug-likeness (QED) is 0.609. The molecule has 2 rings (SSSR count). The largest absolute Gasteiger partial charge is 0.392 e. The lowest BCUT2D eigenvalue weighted by atomic mass is 9.67. The molecule has 0 radical (unpaired) electrons. The Bertz CT molecular complexity index is 306. The molecule has 118 valence electrons. The fraction of sp³-hybridized carbons (Fsp3) is 1.00. The second kappa shape index (κ2) is 6.65. The average Bonchev–Trinajstić information content (AvgIpc) is 2.39. The van der Waals surface area contributed by atoms with Crippen LogP contribution < -0.4 is 11.3 Å². The molecule has 2 saturated carbocycles. The van der Waals surface area contributed by atoms with Crippen LogP contribution in [0.15, 0.2) is 0 Å². The number of hydrazine groups is 1. The summed E-state index contributed by atoms with van der Waals surface area (Å²) in [6.45, 7) is 2.20. The topological polar surface area (TPSA) is 38.0 Å². The number of halogens is 3. The van der Waals surface area contributed by atoms with E-state index in [4.69, 9.17) is 5.84 Å². The Morgan fingerprint density at radius 2 is 1.75 bits per heavy atom. The number of rotatable bonds is 3. The van der Waals surface area contributed by atoms with E-state index >= 15 is 0 Å². The Kier molecular flexibility index (Phi) is 5.35. The maximum Gasteiger partial charge on any atom is 0.392 e. The van der Waals surface area contributed by atoms with E-state index in [0.717, 1.165) is 25.7 Å². The van der Waals surface area contributed by atoms with Crippen molar-refractivity contribution in [1.82, 2.24) is 5.43 Å². The minimum atomic E-state index is -4.08. The summed E-state index contributed by atoms with van der Waals surface area (Å²) in [5, 5.41) is 0. The molecule has 0 aliphatic heterocycles. The number of nitrogens with one attached hydrogen (secondary N) is 1. The van der Waals surface area contributed by atoms with Gasteiger partial charge in [0.2, 0.25) is 0 Å². The van der Waals surface area contributed by atoms with Gasteiger partial charge in [-0.2, -0.15) is 13.2 Å². The zero-order chi connectivity index (χ0) is 14.8. The zero-order valence-corrected chi connectivity index (χ0v) is 12.3. The predicted octanol–water partition coefficient (Wildman–Crippen LogP) is 4.01. The average molecular weight is 292 g/mol. The first-order valence-electron chi connectivity index (χ1n) is 7.96. The molecule has 5 heteroatoms. The molecule has 0 aromatic rings. The zero-order valence-electron chi connectivity index (χ0n) is 12.3. The van der Waals surface area contributed by atoms with Crippen molar-refractivity contribution < 1.29 is 13.2 Å². The highest BCUT2D eigenvalue weighted by Crippen LogP contribution is 2.46. The number of hydrogen-bond donors (Lipinski definition) is 2. The monoisotopic (exact) mass is 292 g/mol. The smallest absolute Gasteiger partial charge is 0.271 e. The van der Waals surface area contributed by atoms with Gasteiger partial charge in [0.05, 0.1) is 5.92 Å². The van der Waals surface area contributed by atoms with E-state index in [1.54, 1.807) is 0 Å². The van der Waals surface area contributed by atoms with Crippen LogP contribution in [0, 0.1) is 23.7 Å². The molecule has 0 spiro atoms. The molecule has 2 nitrogen and oxygen atoms in total. The van der Waals surface area contributed by atoms with Gasteiger partial charge in [-0.3, -0.25) is 11.3 Å². The van der Waals surface area contributed by atoms with Crippen LogP contribution >= 0.6 is 0 Å². The van der Waals surface area contributed by atoms with Gasteiger partial charge in [-0.15, -0.1) is 0 Å². The van der Waals surface area contributed by atoms with E-state index in [9.17, 15) is 13.2 Å². The van der Waals surface area contributed by atoms with Crippen molar-refractivity contribution in [3.63, 3.8) is 0 Å². The van der Waals surface area contributed by atoms with Crippen molar-refractivity contribution in [3.8, 4) is 0 Å². The second-order valence-corrected chi connectivity index (χ2v) is 6.82. The van der Waals surface area contributed by atoms with Crippen LogP contribution in [0.3, 0.4) is 0 Å². The standard InChI is InChI=1S/C15H27F3N2/c1-10-5-4-6-11(9-10)14(20-19)12-7-2-3-8-13(12)15(16,17)18/h10-14,20H,2-9,19H2,1H3. The lowest BCUT2D eigenvalue weighted by molar-refractivity contribution is -0.201. The minimum absolute atomic E-state index is 0.176. The number of hydrogen-bond acceptors (Lipinski definition) is 2. The minimum Gasteiger partial charge on any atom is -0.271 e. The molecule has 5 atom stereocenters. The van der Waals surface area contributed by atoms with E-state index < -0.39 is 12.1 Å². The first-order chi connectivity index (χ1) is 9.43. The fourth-order valence-corrected chi connectivity index (χ4v) is 4.41. The third kappa shape index (κ3) is 3.67. The Morgan fingerprint density at radius 1 is 1.05 bits per heavy atom. The molecule has 0 amide bonds. The van der Waals surface area contributed by atoms with Crippen molar-refractivity contribution >= 4 is 0 Å². The third-order valence-electron chi connectivity index (χ3n) is 5.38. The fourth-order valence-electron chi connectivity index (χ4n) is 4.41. The molecular weight excluding hydrogens is 265 g/mol. The summed E-state index contributed by atoms with van der Waals surface area (Å²) in [5.41, 5.74) is 2.76. The van der Waals surface area contributed by atoms with E-state index in [2.05, 4.69) is 12.3 Å². The van der Waals surface area contributed by atoms with E-state index in [1.807, 2.05) is 0 Å². The highest BCUT2D eigenvalue weighted by Gasteiger charge is 2.49. The van der Waals surface area contributed by atoms with Crippen LogP contribution in [0.4, 0.5) is 13.2 Å². The molecule has 0 bridgehead atoms. The molecule has 0 heterocycles. The maximum absolute atomic E-state index is 13.3. The Labute approximate surface area is 119 Å². The lowest BCUT2D eigenvalue weighted by Gasteiger charge is -2.43. The van der Waals surface area contributed by atoms with Crippen LogP contribution in [-0.2, 0) is 0 Å². The molecule has 0 aromatic heterocycles. The highest BCUT2D eigenvalue weighted by molar-refractivity contribution is 4.92. The molecule has 20 heavy (non-hydrogen) atoms. The third-order valence-corrected chi connectivity index (χ3v) is 5.38. The Balaban J connectivity index is 2.11. The summed E-state index contributed by atoms with van der Waals surface area (Å²) >= 11 is 0. The predicted molar refractivity (Wildman–Crippen MR) is 73.7 cm³/mol. The molecular formula is C15H27F3N2. The van der Waals surface area contributed by atoms with Crippen molar-refractivity contribution in [1.29, 1.82) is 0 Å². The summed E-state index contributed by atoms with van der Waals surface area (Å²) < 4.78 is 39.8. The van der Waals surface area contributed by atoms with Crippen LogP contribution in [0.2, 0.25) is 0 Å². The summed E-state index contributed by atoms with van der Waals surface area (Å²) in [5.74, 6) is 5.06. The summed E-state index contributed by atoms with van der Waals surface area (Å²) in [6, 6.07) is -0.176. The van der Waals surface area contributed by atoms with Crippen LogP contribution in [0.1, 0.15) is 58.3 Å². The molecule has 2 aliphatic rings. The van der Waals surface area contributed by atoms with Crippen LogP contribution in [0.25, 0.3) is 0 Å². The van der Waals surface area contributed by atoms with Gasteiger partial charge in [0.25, 0.3) is 0 Å². The van der Waals surface area contributed by atoms with Gasteiger partial charge in [-0.25, -0.2) is 0 Å². The lowest BCUT2D eigenvalue weighted by Crippen LogP contribution is -2.52. The van der Waals surface area contributed by atoms with Crippen molar-refractivity contribution in [2.75, 3.05) is 0 Å². The molecule has 0 saturated heterocycles. The van der Waals surface area contributed by atoms with Gasteiger partial charge in [-0.05, 0) is 43.4 Å². The van der Waals surface area contributed by atoms with Gasteiger partial charge in [0.1, 0.15) is 0 Å². The molecule has 2 aliphatic carbocycles. The normalized spacial score (nSPS) is 37.6. The summed E-state index contributed by atoms with van der Waals surface area (Å²) in [4.78, 5) is 0. The van der Waals surface area contributed by atoms with E-state index in [1.165, 1.54) is 6.42 Å². The van der Waals surface area contributed by atoms with Gasteiger partial charge in [0, 0.05) is 6.04 Å². The van der Waals surface area contributed by atoms with Crippen LogP contribution in [0.5, 0.6) is 0 Å². The van der Waals surface area contributed by atoms with E-state index in [-0.39, 0.29) is 18.4 Å². The van der Waals surface area contributed by atoms with E-state index in [0.29, 0.717) is 24.7 Å². The molecule has 5 unspecified atom stereocenters. The SMILES string of the molecule is CC1CCCC(C(NN)C2CCCCC2C(F)(F)F)C1. The van der Waals surface area contributed by atoms with Gasteiger partial charge < -0.3 is 0 Å². The van der Waals surface area contributed by atoms with Gasteiger partial charge in [0.15, 0.2) is 0 Å². The first kappa shape index (κ1) is 16.1. The Morgan fingerprint density at radius 3 is 2.35 bits per heavy atom. The van der Waals surface area contributed by atoms with Crippen molar-refractivity contribution in [2.45, 2.75) is 70.5 Å². The molecule has 0 aromatic carbocycles. The van der Waals surface area contributed by atoms with Crippen LogP contribution in [-0.4, -0.2) is 12.2 Å². The maximum atomic E-state index is 13.3. The van der Waals surface area contributed by atoms with Crippen molar-refractivity contribution in [3.05, 3.63) is 0 Å². The molecule has 3 N–H and O–H groups in total. The van der Waals surface area contributed by atoms with Gasteiger partial charge in [-0.1, -0.05) is 32.6 Å². The summed E-state index contributed by atoms with van der Waals surface area (Å²) in [7, 11) is 0. The second-order valence-electron chi connectivity index (χ2n) is 6.82. The molecule has 2 fully saturated rings. The highest BCUT2D eigenvalue weighted by atomic mass is 19.4.